The Hall–Kier alpha value is -2.61. The Kier molecular flexibility index (Phi) is 5.12. The highest BCUT2D eigenvalue weighted by Gasteiger charge is 2.50. The van der Waals surface area contributed by atoms with Crippen molar-refractivity contribution in [1.82, 2.24) is 25.6 Å². The van der Waals surface area contributed by atoms with Gasteiger partial charge in [-0.25, -0.2) is 9.67 Å². The van der Waals surface area contributed by atoms with Gasteiger partial charge in [-0.1, -0.05) is 19.3 Å². The van der Waals surface area contributed by atoms with Gasteiger partial charge in [0.2, 0.25) is 5.91 Å². The largest absolute Gasteiger partial charge is 0.381 e. The van der Waals surface area contributed by atoms with E-state index in [0.29, 0.717) is 18.9 Å². The lowest BCUT2D eigenvalue weighted by Gasteiger charge is -2.40. The van der Waals surface area contributed by atoms with Crippen LogP contribution < -0.4 is 16.1 Å². The number of pyridine rings is 1. The first-order valence-corrected chi connectivity index (χ1v) is 11.5. The van der Waals surface area contributed by atoms with Gasteiger partial charge in [0.05, 0.1) is 22.5 Å². The van der Waals surface area contributed by atoms with Gasteiger partial charge in [0.1, 0.15) is 5.60 Å². The first kappa shape index (κ1) is 20.3. The van der Waals surface area contributed by atoms with E-state index < -0.39 is 5.60 Å². The normalized spacial score (nSPS) is 25.9. The minimum Gasteiger partial charge on any atom is -0.381 e. The summed E-state index contributed by atoms with van der Waals surface area (Å²) in [4.78, 5) is 22.7. The van der Waals surface area contributed by atoms with Crippen LogP contribution in [0.15, 0.2) is 12.3 Å². The van der Waals surface area contributed by atoms with Crippen molar-refractivity contribution >= 4 is 28.3 Å². The van der Waals surface area contributed by atoms with Crippen molar-refractivity contribution in [3.05, 3.63) is 23.5 Å². The van der Waals surface area contributed by atoms with Gasteiger partial charge in [-0.15, -0.1) is 0 Å². The highest BCUT2D eigenvalue weighted by molar-refractivity contribution is 5.98. The Morgan fingerprint density at radius 3 is 2.81 bits per heavy atom. The van der Waals surface area contributed by atoms with Crippen molar-refractivity contribution in [2.75, 3.05) is 12.4 Å². The molecule has 166 valence electrons. The molecule has 8 heteroatoms. The van der Waals surface area contributed by atoms with Gasteiger partial charge in [0, 0.05) is 37.3 Å². The minimum absolute atomic E-state index is 0.00729. The number of aryl methyl sites for hydroxylation is 2. The number of anilines is 1. The molecule has 1 spiro atoms. The lowest BCUT2D eigenvalue weighted by Crippen LogP contribution is -2.49. The fraction of sp³-hybridized carbons (Fsp3) is 0.609. The Balaban J connectivity index is 1.52. The number of amides is 1. The maximum absolute atomic E-state index is 11.9. The number of carbonyl (C=O) groups excluding carboxylic acids is 1. The molecule has 0 radical (unpaired) electrons. The molecule has 5 rings (SSSR count). The number of hydrogen-bond acceptors (Lipinski definition) is 6. The first-order valence-electron chi connectivity index (χ1n) is 11.5. The lowest BCUT2D eigenvalue weighted by molar-refractivity contribution is -0.146. The van der Waals surface area contributed by atoms with Gasteiger partial charge in [0.25, 0.3) is 0 Å². The zero-order chi connectivity index (χ0) is 21.6. The summed E-state index contributed by atoms with van der Waals surface area (Å²) in [5.74, 6) is 0.0919. The molecule has 2 aromatic rings. The summed E-state index contributed by atoms with van der Waals surface area (Å²) in [7, 11) is 1.69. The van der Waals surface area contributed by atoms with Gasteiger partial charge in [-0.2, -0.15) is 5.10 Å². The van der Waals surface area contributed by atoms with E-state index in [9.17, 15) is 4.79 Å². The molecule has 0 atom stereocenters. The SMILES string of the molecule is CCn1nc(C)c2c(NC3CCCCC3)c(C3=CC4(CC(C(=O)NC)C4)ON3)cnc21. The van der Waals surface area contributed by atoms with Crippen LogP contribution in [0, 0.1) is 12.8 Å². The molecule has 1 amide bonds. The molecule has 0 aromatic carbocycles. The van der Waals surface area contributed by atoms with Crippen LogP contribution in [0.25, 0.3) is 16.7 Å². The number of nitrogens with one attached hydrogen (secondary N) is 3. The summed E-state index contributed by atoms with van der Waals surface area (Å²) < 4.78 is 1.97. The fourth-order valence-corrected chi connectivity index (χ4v) is 5.32. The Morgan fingerprint density at radius 2 is 2.10 bits per heavy atom. The smallest absolute Gasteiger partial charge is 0.223 e. The number of hydrogen-bond donors (Lipinski definition) is 3. The fourth-order valence-electron chi connectivity index (χ4n) is 5.32. The second-order valence-electron chi connectivity index (χ2n) is 9.17. The molecule has 1 aliphatic heterocycles. The van der Waals surface area contributed by atoms with Crippen LogP contribution in [0.1, 0.15) is 63.1 Å². The number of hydroxylamine groups is 1. The minimum atomic E-state index is -0.410. The third kappa shape index (κ3) is 3.46. The van der Waals surface area contributed by atoms with Crippen molar-refractivity contribution in [1.29, 1.82) is 0 Å². The number of rotatable bonds is 5. The van der Waals surface area contributed by atoms with Crippen LogP contribution in [0.2, 0.25) is 0 Å². The van der Waals surface area contributed by atoms with E-state index in [2.05, 4.69) is 36.0 Å². The zero-order valence-electron chi connectivity index (χ0n) is 18.6. The Labute approximate surface area is 182 Å². The highest BCUT2D eigenvalue weighted by atomic mass is 16.7. The van der Waals surface area contributed by atoms with Gasteiger partial charge in [0.15, 0.2) is 5.65 Å². The molecule has 2 aliphatic carbocycles. The van der Waals surface area contributed by atoms with Gasteiger partial charge in [-0.3, -0.25) is 15.1 Å². The van der Waals surface area contributed by atoms with E-state index in [0.717, 1.165) is 40.2 Å². The van der Waals surface area contributed by atoms with Crippen molar-refractivity contribution in [3.63, 3.8) is 0 Å². The molecule has 31 heavy (non-hydrogen) atoms. The summed E-state index contributed by atoms with van der Waals surface area (Å²) in [6.07, 6.45) is 11.7. The summed E-state index contributed by atoms with van der Waals surface area (Å²) in [5, 5.41) is 12.4. The quantitative estimate of drug-likeness (QED) is 0.682. The molecule has 3 aliphatic rings. The third-order valence-electron chi connectivity index (χ3n) is 7.05. The predicted molar refractivity (Wildman–Crippen MR) is 120 cm³/mol. The molecule has 2 aromatic heterocycles. The average molecular weight is 425 g/mol. The topological polar surface area (TPSA) is 93.1 Å². The highest BCUT2D eigenvalue weighted by Crippen LogP contribution is 2.47. The maximum atomic E-state index is 11.9. The molecule has 0 bridgehead atoms. The second-order valence-corrected chi connectivity index (χ2v) is 9.17. The van der Waals surface area contributed by atoms with Gasteiger partial charge >= 0.3 is 0 Å². The summed E-state index contributed by atoms with van der Waals surface area (Å²) in [6.45, 7) is 4.93. The average Bonchev–Trinajstić information content (AvgIpc) is 3.35. The Bertz CT molecular complexity index is 1030. The van der Waals surface area contributed by atoms with E-state index in [1.54, 1.807) is 7.05 Å². The number of carbonyl (C=O) groups is 1. The summed E-state index contributed by atoms with van der Waals surface area (Å²) in [5.41, 5.74) is 7.67. The van der Waals surface area contributed by atoms with Crippen LogP contribution in [-0.2, 0) is 16.2 Å². The second kappa shape index (κ2) is 7.82. The first-order chi connectivity index (χ1) is 15.0. The van der Waals surface area contributed by atoms with Crippen LogP contribution >= 0.6 is 0 Å². The number of fused-ring (bicyclic) bond motifs is 1. The standard InChI is InChI=1S/C23H32N6O2/c1-4-29-21-19(14(2)27-29)20(26-16-8-6-5-7-9-16)17(13-25-21)18-12-23(31-28-18)10-15(11-23)22(30)24-3/h12-13,15-16,28H,4-11H2,1-3H3,(H,24,30)(H,25,26). The van der Waals surface area contributed by atoms with E-state index in [1.165, 1.54) is 32.1 Å². The maximum Gasteiger partial charge on any atom is 0.223 e. The molecule has 0 unspecified atom stereocenters. The van der Waals surface area contributed by atoms with Crippen molar-refractivity contribution < 1.29 is 9.63 Å². The lowest BCUT2D eigenvalue weighted by atomic mass is 9.70. The Morgan fingerprint density at radius 1 is 1.32 bits per heavy atom. The number of aromatic nitrogens is 3. The van der Waals surface area contributed by atoms with Gasteiger partial charge in [-0.05, 0) is 45.6 Å². The van der Waals surface area contributed by atoms with E-state index in [1.807, 2.05) is 10.9 Å². The summed E-state index contributed by atoms with van der Waals surface area (Å²) in [6, 6.07) is 0.459. The third-order valence-corrected chi connectivity index (χ3v) is 7.05. The molecule has 3 N–H and O–H groups in total. The van der Waals surface area contributed by atoms with Crippen LogP contribution in [0.5, 0.6) is 0 Å². The van der Waals surface area contributed by atoms with Crippen molar-refractivity contribution in [3.8, 4) is 0 Å². The monoisotopic (exact) mass is 424 g/mol. The molecule has 3 heterocycles. The molecule has 8 nitrogen and oxygen atoms in total. The molecular formula is C23H32N6O2. The molecule has 0 saturated heterocycles. The molecule has 2 saturated carbocycles. The van der Waals surface area contributed by atoms with E-state index >= 15 is 0 Å². The van der Waals surface area contributed by atoms with E-state index in [-0.39, 0.29) is 11.8 Å². The van der Waals surface area contributed by atoms with E-state index in [4.69, 9.17) is 14.9 Å². The predicted octanol–water partition coefficient (Wildman–Crippen LogP) is 3.27. The van der Waals surface area contributed by atoms with Crippen LogP contribution in [0.3, 0.4) is 0 Å². The molecular weight excluding hydrogens is 392 g/mol. The zero-order valence-corrected chi connectivity index (χ0v) is 18.6. The van der Waals surface area contributed by atoms with Crippen molar-refractivity contribution in [2.45, 2.75) is 77.0 Å². The molecule has 2 fully saturated rings. The van der Waals surface area contributed by atoms with Crippen LogP contribution in [0.4, 0.5) is 5.69 Å². The summed E-state index contributed by atoms with van der Waals surface area (Å²) >= 11 is 0. The van der Waals surface area contributed by atoms with Crippen LogP contribution in [-0.4, -0.2) is 39.4 Å². The number of nitrogens with zero attached hydrogens (tertiary/aromatic N) is 3. The van der Waals surface area contributed by atoms with Crippen molar-refractivity contribution in [2.24, 2.45) is 5.92 Å². The van der Waals surface area contributed by atoms with Gasteiger partial charge < -0.3 is 10.6 Å².